The summed E-state index contributed by atoms with van der Waals surface area (Å²) < 4.78 is 0.986. The number of anilines is 1. The maximum Gasteiger partial charge on any atom is 0.226 e. The minimum atomic E-state index is -0.0683. The van der Waals surface area contributed by atoms with Gasteiger partial charge in [0.05, 0.1) is 0 Å². The van der Waals surface area contributed by atoms with Crippen molar-refractivity contribution in [3.05, 3.63) is 28.2 Å². The Balaban J connectivity index is 2.51. The minimum Gasteiger partial charge on any atom is -0.342 e. The van der Waals surface area contributed by atoms with Crippen molar-refractivity contribution in [1.82, 2.24) is 4.90 Å². The highest BCUT2D eigenvalue weighted by atomic mass is 79.9. The normalized spacial score (nSPS) is 10.6. The molecule has 0 radical (unpaired) electrons. The predicted molar refractivity (Wildman–Crippen MR) is 93.8 cm³/mol. The Hall–Kier alpha value is -1.36. The molecule has 0 atom stereocenters. The lowest BCUT2D eigenvalue weighted by molar-refractivity contribution is -0.129. The molecule has 0 aliphatic carbocycles. The van der Waals surface area contributed by atoms with Crippen LogP contribution in [0.4, 0.5) is 5.69 Å². The highest BCUT2D eigenvalue weighted by Crippen LogP contribution is 2.20. The Bertz CT molecular complexity index is 529. The van der Waals surface area contributed by atoms with Gasteiger partial charge in [-0.25, -0.2) is 0 Å². The van der Waals surface area contributed by atoms with E-state index in [1.54, 1.807) is 11.8 Å². The fraction of sp³-hybridized carbons (Fsp3) is 0.529. The number of carbonyl (C=O) groups is 2. The molecule has 1 aromatic carbocycles. The second-order valence-electron chi connectivity index (χ2n) is 5.95. The van der Waals surface area contributed by atoms with Gasteiger partial charge in [0.1, 0.15) is 0 Å². The van der Waals surface area contributed by atoms with Gasteiger partial charge < -0.3 is 10.2 Å². The molecule has 0 saturated heterocycles. The molecule has 1 aromatic rings. The van der Waals surface area contributed by atoms with Gasteiger partial charge in [-0.2, -0.15) is 0 Å². The first kappa shape index (κ1) is 18.7. The first-order valence-electron chi connectivity index (χ1n) is 7.61. The molecule has 0 spiro atoms. The molecule has 0 saturated carbocycles. The molecular weight excluding hydrogens is 344 g/mol. The largest absolute Gasteiger partial charge is 0.342 e. The van der Waals surface area contributed by atoms with Gasteiger partial charge >= 0.3 is 0 Å². The van der Waals surface area contributed by atoms with Crippen LogP contribution < -0.4 is 5.32 Å². The summed E-state index contributed by atoms with van der Waals surface area (Å²) in [5, 5.41) is 2.90. The van der Waals surface area contributed by atoms with Crippen LogP contribution >= 0.6 is 15.9 Å². The van der Waals surface area contributed by atoms with E-state index in [0.29, 0.717) is 25.4 Å². The maximum atomic E-state index is 12.1. The summed E-state index contributed by atoms with van der Waals surface area (Å²) in [5.41, 5.74) is 1.82. The van der Waals surface area contributed by atoms with Crippen LogP contribution in [0.3, 0.4) is 0 Å². The third kappa shape index (κ3) is 6.60. The lowest BCUT2D eigenvalue weighted by Crippen LogP contribution is -2.33. The number of hydrogen-bond acceptors (Lipinski definition) is 2. The van der Waals surface area contributed by atoms with Gasteiger partial charge in [-0.15, -0.1) is 0 Å². The molecule has 122 valence electrons. The van der Waals surface area contributed by atoms with Crippen LogP contribution in [0.5, 0.6) is 0 Å². The monoisotopic (exact) mass is 368 g/mol. The Morgan fingerprint density at radius 2 is 1.95 bits per heavy atom. The summed E-state index contributed by atoms with van der Waals surface area (Å²) in [6, 6.07) is 5.73. The molecule has 0 fully saturated rings. The highest BCUT2D eigenvalue weighted by Gasteiger charge is 2.12. The lowest BCUT2D eigenvalue weighted by Gasteiger charge is -2.21. The van der Waals surface area contributed by atoms with Crippen molar-refractivity contribution >= 4 is 33.4 Å². The van der Waals surface area contributed by atoms with E-state index in [1.165, 1.54) is 0 Å². The van der Waals surface area contributed by atoms with Crippen molar-refractivity contribution in [3.63, 3.8) is 0 Å². The van der Waals surface area contributed by atoms with Gasteiger partial charge in [0.25, 0.3) is 0 Å². The number of hydrogen-bond donors (Lipinski definition) is 1. The third-order valence-corrected chi connectivity index (χ3v) is 3.99. The van der Waals surface area contributed by atoms with E-state index < -0.39 is 0 Å². The van der Waals surface area contributed by atoms with Gasteiger partial charge in [0.15, 0.2) is 0 Å². The van der Waals surface area contributed by atoms with Crippen molar-refractivity contribution in [2.24, 2.45) is 5.92 Å². The molecule has 22 heavy (non-hydrogen) atoms. The van der Waals surface area contributed by atoms with Crippen molar-refractivity contribution in [1.29, 1.82) is 0 Å². The van der Waals surface area contributed by atoms with E-state index in [4.69, 9.17) is 0 Å². The summed E-state index contributed by atoms with van der Waals surface area (Å²) in [5.74, 6) is 0.496. The van der Waals surface area contributed by atoms with Crippen LogP contribution in [0.2, 0.25) is 0 Å². The van der Waals surface area contributed by atoms with Gasteiger partial charge in [-0.3, -0.25) is 9.59 Å². The smallest absolute Gasteiger partial charge is 0.226 e. The van der Waals surface area contributed by atoms with E-state index >= 15 is 0 Å². The maximum absolute atomic E-state index is 12.1. The molecule has 5 heteroatoms. The Kier molecular flexibility index (Phi) is 7.59. The standard InChI is InChI=1S/C17H25BrN2O2/c1-12(2)7-9-20(14(4)21)10-8-17(22)19-16-6-5-15(18)11-13(16)3/h5-6,11-12H,7-10H2,1-4H3,(H,19,22). The quantitative estimate of drug-likeness (QED) is 0.790. The number of amides is 2. The molecule has 0 unspecified atom stereocenters. The first-order chi connectivity index (χ1) is 10.3. The topological polar surface area (TPSA) is 49.4 Å². The average molecular weight is 369 g/mol. The van der Waals surface area contributed by atoms with Crippen molar-refractivity contribution < 1.29 is 9.59 Å². The van der Waals surface area contributed by atoms with E-state index in [-0.39, 0.29) is 11.8 Å². The Labute approximate surface area is 141 Å². The van der Waals surface area contributed by atoms with E-state index in [0.717, 1.165) is 22.1 Å². The number of halogens is 1. The highest BCUT2D eigenvalue weighted by molar-refractivity contribution is 9.10. The van der Waals surface area contributed by atoms with Crippen molar-refractivity contribution in [2.45, 2.75) is 40.5 Å². The van der Waals surface area contributed by atoms with Crippen molar-refractivity contribution in [3.8, 4) is 0 Å². The molecule has 0 aromatic heterocycles. The molecule has 1 rings (SSSR count). The number of rotatable bonds is 7. The molecule has 0 heterocycles. The van der Waals surface area contributed by atoms with Gasteiger partial charge in [-0.05, 0) is 43.0 Å². The number of aryl methyl sites for hydroxylation is 1. The second kappa shape index (κ2) is 8.93. The van der Waals surface area contributed by atoms with Gasteiger partial charge in [0, 0.05) is 36.6 Å². The van der Waals surface area contributed by atoms with Crippen molar-refractivity contribution in [2.75, 3.05) is 18.4 Å². The Morgan fingerprint density at radius 3 is 2.50 bits per heavy atom. The second-order valence-corrected chi connectivity index (χ2v) is 6.86. The third-order valence-electron chi connectivity index (χ3n) is 3.49. The molecule has 0 bridgehead atoms. The molecule has 4 nitrogen and oxygen atoms in total. The zero-order chi connectivity index (χ0) is 16.7. The Morgan fingerprint density at radius 1 is 1.27 bits per heavy atom. The first-order valence-corrected chi connectivity index (χ1v) is 8.40. The molecule has 0 aliphatic heterocycles. The summed E-state index contributed by atoms with van der Waals surface area (Å²) in [6.07, 6.45) is 1.26. The number of nitrogens with zero attached hydrogens (tertiary/aromatic N) is 1. The molecule has 1 N–H and O–H groups in total. The van der Waals surface area contributed by atoms with Crippen LogP contribution in [0, 0.1) is 12.8 Å². The predicted octanol–water partition coefficient (Wildman–Crippen LogP) is 3.98. The van der Waals surface area contributed by atoms with E-state index in [1.807, 2.05) is 25.1 Å². The number of benzene rings is 1. The lowest BCUT2D eigenvalue weighted by atomic mass is 10.1. The molecular formula is C17H25BrN2O2. The van der Waals surface area contributed by atoms with Gasteiger partial charge in [0.2, 0.25) is 11.8 Å². The van der Waals surface area contributed by atoms with E-state index in [9.17, 15) is 9.59 Å². The number of carbonyl (C=O) groups excluding carboxylic acids is 2. The fourth-order valence-corrected chi connectivity index (χ4v) is 2.53. The van der Waals surface area contributed by atoms with Crippen LogP contribution in [0.1, 0.15) is 39.2 Å². The van der Waals surface area contributed by atoms with Crippen LogP contribution in [0.25, 0.3) is 0 Å². The van der Waals surface area contributed by atoms with E-state index in [2.05, 4.69) is 35.1 Å². The summed E-state index contributed by atoms with van der Waals surface area (Å²) in [4.78, 5) is 25.4. The molecule has 0 aliphatic rings. The zero-order valence-corrected chi connectivity index (χ0v) is 15.4. The average Bonchev–Trinajstić information content (AvgIpc) is 2.41. The summed E-state index contributed by atoms with van der Waals surface area (Å²) in [7, 11) is 0. The number of nitrogens with one attached hydrogen (secondary N) is 1. The van der Waals surface area contributed by atoms with Crippen LogP contribution in [-0.2, 0) is 9.59 Å². The van der Waals surface area contributed by atoms with Crippen LogP contribution in [-0.4, -0.2) is 29.8 Å². The van der Waals surface area contributed by atoms with Gasteiger partial charge in [-0.1, -0.05) is 29.8 Å². The summed E-state index contributed by atoms with van der Waals surface area (Å²) >= 11 is 3.40. The minimum absolute atomic E-state index is 0.0215. The van der Waals surface area contributed by atoms with Crippen LogP contribution in [0.15, 0.2) is 22.7 Å². The molecule has 2 amide bonds. The zero-order valence-electron chi connectivity index (χ0n) is 13.8. The summed E-state index contributed by atoms with van der Waals surface area (Å²) in [6.45, 7) is 8.92. The fourth-order valence-electron chi connectivity index (χ4n) is 2.06. The SMILES string of the molecule is CC(=O)N(CCC(=O)Nc1ccc(Br)cc1C)CCC(C)C.